The molecule has 2 aromatic rings. The quantitative estimate of drug-likeness (QED) is 0.923. The van der Waals surface area contributed by atoms with Crippen LogP contribution in [0.4, 0.5) is 0 Å². The number of nitrogens with zero attached hydrogens (tertiary/aromatic N) is 3. The van der Waals surface area contributed by atoms with Gasteiger partial charge in [-0.25, -0.2) is 4.68 Å². The highest BCUT2D eigenvalue weighted by molar-refractivity contribution is 6.30. The Bertz CT molecular complexity index is 534. The van der Waals surface area contributed by atoms with Gasteiger partial charge in [-0.1, -0.05) is 36.7 Å². The molecule has 2 rings (SSSR count). The van der Waals surface area contributed by atoms with Crippen molar-refractivity contribution in [3.05, 3.63) is 35.0 Å². The summed E-state index contributed by atoms with van der Waals surface area (Å²) in [5.41, 5.74) is 3.26. The first-order valence-electron chi connectivity index (χ1n) is 5.95. The molecule has 1 aromatic carbocycles. The molecule has 0 bridgehead atoms. The van der Waals surface area contributed by atoms with Gasteiger partial charge < -0.3 is 5.32 Å². The van der Waals surface area contributed by atoms with Crippen LogP contribution in [-0.4, -0.2) is 21.0 Å². The van der Waals surface area contributed by atoms with Crippen molar-refractivity contribution in [1.29, 1.82) is 0 Å². The van der Waals surface area contributed by atoms with Gasteiger partial charge in [0.25, 0.3) is 0 Å². The Morgan fingerprint density at radius 3 is 2.78 bits per heavy atom. The number of aromatic nitrogens is 3. The highest BCUT2D eigenvalue weighted by atomic mass is 35.5. The van der Waals surface area contributed by atoms with Crippen LogP contribution in [0.5, 0.6) is 0 Å². The lowest BCUT2D eigenvalue weighted by atomic mass is 10.0. The minimum absolute atomic E-state index is 0.432. The standard InChI is InChI=1S/C13H17ClN4/c1-9(2)15-7-10-6-11(14)4-5-12(10)13-8-16-17-18(13)3/h4-6,8-9,15H,7H2,1-3H3. The maximum absolute atomic E-state index is 6.07. The van der Waals surface area contributed by atoms with Crippen LogP contribution in [0.1, 0.15) is 19.4 Å². The van der Waals surface area contributed by atoms with E-state index in [1.807, 2.05) is 25.2 Å². The Hall–Kier alpha value is -1.39. The minimum Gasteiger partial charge on any atom is -0.310 e. The molecule has 0 aliphatic heterocycles. The molecule has 0 saturated carbocycles. The predicted octanol–water partition coefficient (Wildman–Crippen LogP) is 2.63. The van der Waals surface area contributed by atoms with Crippen LogP contribution in [0.15, 0.2) is 24.4 Å². The Labute approximate surface area is 112 Å². The summed E-state index contributed by atoms with van der Waals surface area (Å²) >= 11 is 6.07. The zero-order valence-corrected chi connectivity index (χ0v) is 11.6. The van der Waals surface area contributed by atoms with Crippen LogP contribution in [-0.2, 0) is 13.6 Å². The predicted molar refractivity (Wildman–Crippen MR) is 73.4 cm³/mol. The number of benzene rings is 1. The molecule has 1 aromatic heterocycles. The van der Waals surface area contributed by atoms with E-state index in [2.05, 4.69) is 29.5 Å². The molecule has 0 amide bonds. The molecule has 0 atom stereocenters. The van der Waals surface area contributed by atoms with Gasteiger partial charge in [-0.2, -0.15) is 0 Å². The van der Waals surface area contributed by atoms with Crippen molar-refractivity contribution in [2.45, 2.75) is 26.4 Å². The molecule has 0 aliphatic carbocycles. The largest absolute Gasteiger partial charge is 0.310 e. The van der Waals surface area contributed by atoms with Gasteiger partial charge in [0.15, 0.2) is 0 Å². The van der Waals surface area contributed by atoms with Gasteiger partial charge >= 0.3 is 0 Å². The van der Waals surface area contributed by atoms with Gasteiger partial charge in [0.05, 0.1) is 11.9 Å². The van der Waals surface area contributed by atoms with Gasteiger partial charge in [0.2, 0.25) is 0 Å². The van der Waals surface area contributed by atoms with E-state index in [1.54, 1.807) is 10.9 Å². The topological polar surface area (TPSA) is 42.7 Å². The summed E-state index contributed by atoms with van der Waals surface area (Å²) in [4.78, 5) is 0. The molecule has 18 heavy (non-hydrogen) atoms. The summed E-state index contributed by atoms with van der Waals surface area (Å²) in [6, 6.07) is 6.32. The normalized spacial score (nSPS) is 11.2. The van der Waals surface area contributed by atoms with Crippen molar-refractivity contribution in [1.82, 2.24) is 20.3 Å². The molecule has 0 saturated heterocycles. The molecule has 0 radical (unpaired) electrons. The third-order valence-electron chi connectivity index (χ3n) is 2.76. The van der Waals surface area contributed by atoms with Crippen LogP contribution in [0.3, 0.4) is 0 Å². The lowest BCUT2D eigenvalue weighted by Crippen LogP contribution is -2.22. The molecule has 1 heterocycles. The molecule has 96 valence electrons. The van der Waals surface area contributed by atoms with Crippen LogP contribution < -0.4 is 5.32 Å². The molecule has 5 heteroatoms. The van der Waals surface area contributed by atoms with E-state index in [0.717, 1.165) is 28.4 Å². The van der Waals surface area contributed by atoms with Crippen molar-refractivity contribution in [3.63, 3.8) is 0 Å². The third-order valence-corrected chi connectivity index (χ3v) is 2.99. The molecule has 0 fully saturated rings. The molecular weight excluding hydrogens is 248 g/mol. The van der Waals surface area contributed by atoms with Gasteiger partial charge in [0, 0.05) is 30.2 Å². The van der Waals surface area contributed by atoms with Crippen molar-refractivity contribution < 1.29 is 0 Å². The van der Waals surface area contributed by atoms with Crippen LogP contribution in [0.25, 0.3) is 11.3 Å². The van der Waals surface area contributed by atoms with E-state index in [0.29, 0.717) is 6.04 Å². The van der Waals surface area contributed by atoms with E-state index < -0.39 is 0 Å². The maximum atomic E-state index is 6.07. The van der Waals surface area contributed by atoms with E-state index in [4.69, 9.17) is 11.6 Å². The van der Waals surface area contributed by atoms with Gasteiger partial charge in [-0.3, -0.25) is 0 Å². The molecular formula is C13H17ClN4. The zero-order valence-electron chi connectivity index (χ0n) is 10.8. The van der Waals surface area contributed by atoms with Crippen LogP contribution >= 0.6 is 11.6 Å². The Morgan fingerprint density at radius 2 is 2.17 bits per heavy atom. The van der Waals surface area contributed by atoms with Crippen LogP contribution in [0, 0.1) is 0 Å². The number of rotatable bonds is 4. The number of halogens is 1. The monoisotopic (exact) mass is 264 g/mol. The van der Waals surface area contributed by atoms with E-state index >= 15 is 0 Å². The fraction of sp³-hybridized carbons (Fsp3) is 0.385. The Balaban J connectivity index is 2.37. The second-order valence-electron chi connectivity index (χ2n) is 4.58. The Kier molecular flexibility index (Phi) is 3.99. The lowest BCUT2D eigenvalue weighted by molar-refractivity contribution is 0.589. The van der Waals surface area contributed by atoms with Gasteiger partial charge in [-0.15, -0.1) is 5.10 Å². The van der Waals surface area contributed by atoms with Crippen LogP contribution in [0.2, 0.25) is 5.02 Å². The molecule has 4 nitrogen and oxygen atoms in total. The van der Waals surface area contributed by atoms with Crippen molar-refractivity contribution in [3.8, 4) is 11.3 Å². The summed E-state index contributed by atoms with van der Waals surface area (Å²) < 4.78 is 1.77. The average Bonchev–Trinajstić information content (AvgIpc) is 2.73. The molecule has 1 N–H and O–H groups in total. The summed E-state index contributed by atoms with van der Waals surface area (Å²) in [6.45, 7) is 5.02. The number of hydrogen-bond donors (Lipinski definition) is 1. The summed E-state index contributed by atoms with van der Waals surface area (Å²) in [7, 11) is 1.89. The van der Waals surface area contributed by atoms with Gasteiger partial charge in [-0.05, 0) is 17.7 Å². The van der Waals surface area contributed by atoms with Crippen molar-refractivity contribution in [2.75, 3.05) is 0 Å². The summed E-state index contributed by atoms with van der Waals surface area (Å²) in [6.07, 6.45) is 1.77. The summed E-state index contributed by atoms with van der Waals surface area (Å²) in [5.74, 6) is 0. The van der Waals surface area contributed by atoms with E-state index in [9.17, 15) is 0 Å². The van der Waals surface area contributed by atoms with Crippen molar-refractivity contribution >= 4 is 11.6 Å². The average molecular weight is 265 g/mol. The Morgan fingerprint density at radius 1 is 1.39 bits per heavy atom. The first-order valence-corrected chi connectivity index (χ1v) is 6.32. The minimum atomic E-state index is 0.432. The zero-order chi connectivity index (χ0) is 13.1. The number of aryl methyl sites for hydroxylation is 1. The highest BCUT2D eigenvalue weighted by Crippen LogP contribution is 2.25. The molecule has 0 spiro atoms. The van der Waals surface area contributed by atoms with E-state index in [-0.39, 0.29) is 0 Å². The molecule has 0 unspecified atom stereocenters. The number of hydrogen-bond acceptors (Lipinski definition) is 3. The smallest absolute Gasteiger partial charge is 0.0885 e. The van der Waals surface area contributed by atoms with E-state index in [1.165, 1.54) is 0 Å². The van der Waals surface area contributed by atoms with Gasteiger partial charge in [0.1, 0.15) is 0 Å². The fourth-order valence-corrected chi connectivity index (χ4v) is 2.00. The fourth-order valence-electron chi connectivity index (χ4n) is 1.81. The summed E-state index contributed by atoms with van der Waals surface area (Å²) in [5, 5.41) is 12.0. The number of nitrogens with one attached hydrogen (secondary N) is 1. The SMILES string of the molecule is CC(C)NCc1cc(Cl)ccc1-c1cnnn1C. The maximum Gasteiger partial charge on any atom is 0.0885 e. The third kappa shape index (κ3) is 2.89. The van der Waals surface area contributed by atoms with Crippen molar-refractivity contribution in [2.24, 2.45) is 7.05 Å². The lowest BCUT2D eigenvalue weighted by Gasteiger charge is -2.13. The first kappa shape index (κ1) is 13.1. The first-order chi connectivity index (χ1) is 8.58. The highest BCUT2D eigenvalue weighted by Gasteiger charge is 2.10. The molecule has 0 aliphatic rings. The second-order valence-corrected chi connectivity index (χ2v) is 5.02. The second kappa shape index (κ2) is 5.50.